The Balaban J connectivity index is 5.30. The molecule has 108 valence electrons. The molecule has 0 rings (SSSR count). The summed E-state index contributed by atoms with van der Waals surface area (Å²) in [4.78, 5) is 51.1. The van der Waals surface area contributed by atoms with E-state index in [9.17, 15) is 29.8 Å². The summed E-state index contributed by atoms with van der Waals surface area (Å²) in [5, 5.41) is 17.7. The van der Waals surface area contributed by atoms with E-state index in [1.54, 1.807) is 0 Å². The summed E-state index contributed by atoms with van der Waals surface area (Å²) in [5.41, 5.74) is -2.47. The maximum Gasteiger partial charge on any atom is 0.327 e. The average molecular weight is 282 g/mol. The molecule has 0 aliphatic carbocycles. The first-order valence-electron chi connectivity index (χ1n) is 4.51. The maximum absolute atomic E-state index is 11.5. The van der Waals surface area contributed by atoms with Gasteiger partial charge in [-0.15, -0.1) is 20.2 Å². The molecule has 0 unspecified atom stereocenters. The quantitative estimate of drug-likeness (QED) is 0.227. The number of rotatable bonds is 8. The first-order chi connectivity index (χ1) is 8.80. The normalized spacial score (nSPS) is 10.2. The summed E-state index contributed by atoms with van der Waals surface area (Å²) in [5.74, 6) is -2.66. The number of hydrogen-bond acceptors (Lipinski definition) is 10. The maximum atomic E-state index is 11.5. The third-order valence-electron chi connectivity index (χ3n) is 1.98. The van der Waals surface area contributed by atoms with Gasteiger partial charge in [-0.25, -0.2) is 0 Å². The molecule has 0 aromatic heterocycles. The highest BCUT2D eigenvalue weighted by Gasteiger charge is 2.51. The lowest BCUT2D eigenvalue weighted by atomic mass is 9.90. The van der Waals surface area contributed by atoms with Gasteiger partial charge in [0.25, 0.3) is 10.2 Å². The lowest BCUT2D eigenvalue weighted by molar-refractivity contribution is -0.769. The van der Waals surface area contributed by atoms with Crippen molar-refractivity contribution in [3.05, 3.63) is 20.2 Å². The molecule has 0 saturated carbocycles. The first-order valence-corrected chi connectivity index (χ1v) is 4.51. The number of hydrogen-bond donors (Lipinski definition) is 0. The van der Waals surface area contributed by atoms with Gasteiger partial charge in [-0.3, -0.25) is 9.59 Å². The van der Waals surface area contributed by atoms with Crippen LogP contribution in [0.1, 0.15) is 0 Å². The zero-order valence-corrected chi connectivity index (χ0v) is 9.89. The summed E-state index contributed by atoms with van der Waals surface area (Å²) in [6.07, 6.45) is 0. The summed E-state index contributed by atoms with van der Waals surface area (Å²) in [6.45, 7) is -2.29. The zero-order chi connectivity index (χ0) is 15.1. The highest BCUT2D eigenvalue weighted by molar-refractivity contribution is 6.00. The average Bonchev–Trinajstić information content (AvgIpc) is 2.37. The third kappa shape index (κ3) is 4.25. The summed E-state index contributed by atoms with van der Waals surface area (Å²) < 4.78 is 8.52. The number of carbonyl (C=O) groups is 2. The fraction of sp³-hybridized carbons (Fsp3) is 0.714. The van der Waals surface area contributed by atoms with Gasteiger partial charge in [0.15, 0.2) is 0 Å². The Morgan fingerprint density at radius 1 is 0.947 bits per heavy atom. The van der Waals surface area contributed by atoms with Crippen LogP contribution in [0.5, 0.6) is 0 Å². The largest absolute Gasteiger partial charge is 0.468 e. The monoisotopic (exact) mass is 282 g/mol. The Bertz CT molecular complexity index is 344. The minimum atomic E-state index is -2.47. The second-order valence-electron chi connectivity index (χ2n) is 3.06. The van der Waals surface area contributed by atoms with Gasteiger partial charge >= 0.3 is 11.9 Å². The number of methoxy groups -OCH3 is 2. The van der Waals surface area contributed by atoms with E-state index in [2.05, 4.69) is 19.1 Å². The summed E-state index contributed by atoms with van der Waals surface area (Å²) in [6, 6.07) is 0. The molecule has 0 radical (unpaired) electrons. The SMILES string of the molecule is COC(=O)C(CO[N+](=O)[O-])(CO[N+](=O)[O-])C(=O)OC. The Morgan fingerprint density at radius 2 is 1.26 bits per heavy atom. The molecule has 0 N–H and O–H groups in total. The molecule has 19 heavy (non-hydrogen) atoms. The molecule has 0 saturated heterocycles. The lowest BCUT2D eigenvalue weighted by Gasteiger charge is -2.25. The van der Waals surface area contributed by atoms with E-state index in [1.807, 2.05) is 0 Å². The molecule has 0 bridgehead atoms. The van der Waals surface area contributed by atoms with Gasteiger partial charge in [0.1, 0.15) is 13.2 Å². The fourth-order valence-corrected chi connectivity index (χ4v) is 1.08. The van der Waals surface area contributed by atoms with Crippen LogP contribution in [0.3, 0.4) is 0 Å². The molecule has 0 aliphatic rings. The Labute approximate surface area is 105 Å². The van der Waals surface area contributed by atoms with Crippen LogP contribution in [-0.4, -0.2) is 49.5 Å². The van der Waals surface area contributed by atoms with Gasteiger partial charge in [0, 0.05) is 0 Å². The molecule has 0 spiro atoms. The van der Waals surface area contributed by atoms with Crippen molar-refractivity contribution in [1.82, 2.24) is 0 Å². The lowest BCUT2D eigenvalue weighted by Crippen LogP contribution is -2.49. The predicted molar refractivity (Wildman–Crippen MR) is 52.4 cm³/mol. The predicted octanol–water partition coefficient (Wildman–Crippen LogP) is -1.26. The molecule has 0 amide bonds. The standard InChI is InChI=1S/C7H10N2O10/c1-16-5(10)7(6(11)17-2,3-18-8(12)13)4-19-9(14)15/h3-4H2,1-2H3. The van der Waals surface area contributed by atoms with E-state index in [0.29, 0.717) is 0 Å². The Hall–Kier alpha value is -2.66. The van der Waals surface area contributed by atoms with Crippen LogP contribution in [0.25, 0.3) is 0 Å². The van der Waals surface area contributed by atoms with Crippen molar-refractivity contribution < 1.29 is 38.9 Å². The van der Waals surface area contributed by atoms with Crippen LogP contribution in [0, 0.1) is 25.6 Å². The molecule has 0 fully saturated rings. The second-order valence-corrected chi connectivity index (χ2v) is 3.06. The van der Waals surface area contributed by atoms with E-state index >= 15 is 0 Å². The number of nitrogens with zero attached hydrogens (tertiary/aromatic N) is 2. The molecule has 0 aromatic rings. The fourth-order valence-electron chi connectivity index (χ4n) is 1.08. The first kappa shape index (κ1) is 16.3. The van der Waals surface area contributed by atoms with E-state index in [0.717, 1.165) is 14.2 Å². The van der Waals surface area contributed by atoms with Gasteiger partial charge < -0.3 is 19.1 Å². The van der Waals surface area contributed by atoms with Crippen LogP contribution in [0.4, 0.5) is 0 Å². The summed E-state index contributed by atoms with van der Waals surface area (Å²) in [7, 11) is 1.75. The van der Waals surface area contributed by atoms with Crippen molar-refractivity contribution in [2.24, 2.45) is 5.41 Å². The van der Waals surface area contributed by atoms with E-state index in [4.69, 9.17) is 0 Å². The van der Waals surface area contributed by atoms with Gasteiger partial charge in [-0.05, 0) is 0 Å². The highest BCUT2D eigenvalue weighted by atomic mass is 17.0. The van der Waals surface area contributed by atoms with Crippen molar-refractivity contribution >= 4 is 11.9 Å². The Morgan fingerprint density at radius 3 is 1.47 bits per heavy atom. The van der Waals surface area contributed by atoms with Crippen LogP contribution < -0.4 is 0 Å². The number of esters is 2. The second kappa shape index (κ2) is 6.93. The molecule has 12 heteroatoms. The van der Waals surface area contributed by atoms with E-state index < -0.39 is 40.7 Å². The van der Waals surface area contributed by atoms with Gasteiger partial charge in [-0.2, -0.15) is 0 Å². The number of ether oxygens (including phenoxy) is 2. The minimum Gasteiger partial charge on any atom is -0.468 e. The summed E-state index contributed by atoms with van der Waals surface area (Å²) >= 11 is 0. The molecule has 12 nitrogen and oxygen atoms in total. The van der Waals surface area contributed by atoms with Crippen molar-refractivity contribution in [2.45, 2.75) is 0 Å². The van der Waals surface area contributed by atoms with Crippen molar-refractivity contribution in [3.8, 4) is 0 Å². The van der Waals surface area contributed by atoms with Crippen molar-refractivity contribution in [3.63, 3.8) is 0 Å². The van der Waals surface area contributed by atoms with Crippen LogP contribution >= 0.6 is 0 Å². The van der Waals surface area contributed by atoms with Gasteiger partial charge in [0.05, 0.1) is 14.2 Å². The molecule has 0 heterocycles. The molecular formula is C7H10N2O10. The van der Waals surface area contributed by atoms with Crippen molar-refractivity contribution in [2.75, 3.05) is 27.4 Å². The van der Waals surface area contributed by atoms with Crippen LogP contribution in [0.15, 0.2) is 0 Å². The zero-order valence-electron chi connectivity index (χ0n) is 9.89. The smallest absolute Gasteiger partial charge is 0.327 e. The number of carbonyl (C=O) groups excluding carboxylic acids is 2. The van der Waals surface area contributed by atoms with E-state index in [-0.39, 0.29) is 0 Å². The van der Waals surface area contributed by atoms with Crippen LogP contribution in [-0.2, 0) is 28.7 Å². The van der Waals surface area contributed by atoms with E-state index in [1.165, 1.54) is 0 Å². The topological polar surface area (TPSA) is 157 Å². The minimum absolute atomic E-state index is 0.873. The Kier molecular flexibility index (Phi) is 5.96. The molecular weight excluding hydrogens is 272 g/mol. The molecule has 0 atom stereocenters. The van der Waals surface area contributed by atoms with Crippen molar-refractivity contribution in [1.29, 1.82) is 0 Å². The molecule has 0 aliphatic heterocycles. The highest BCUT2D eigenvalue weighted by Crippen LogP contribution is 2.23. The van der Waals surface area contributed by atoms with Gasteiger partial charge in [0.2, 0.25) is 5.41 Å². The third-order valence-corrected chi connectivity index (χ3v) is 1.98. The van der Waals surface area contributed by atoms with Crippen LogP contribution in [0.2, 0.25) is 0 Å². The van der Waals surface area contributed by atoms with Gasteiger partial charge in [-0.1, -0.05) is 0 Å². The molecule has 0 aromatic carbocycles.